The van der Waals surface area contributed by atoms with Crippen LogP contribution in [0.5, 0.6) is 5.75 Å². The Morgan fingerprint density at radius 1 is 1.00 bits per heavy atom. The lowest BCUT2D eigenvalue weighted by Gasteiger charge is -2.59. The van der Waals surface area contributed by atoms with Crippen molar-refractivity contribution in [1.29, 1.82) is 0 Å². The van der Waals surface area contributed by atoms with Crippen LogP contribution < -0.4 is 4.74 Å². The van der Waals surface area contributed by atoms with E-state index in [1.165, 1.54) is 12.8 Å². The van der Waals surface area contributed by atoms with Gasteiger partial charge in [0, 0.05) is 18.4 Å². The zero-order valence-corrected chi connectivity index (χ0v) is 21.7. The SMILES string of the molecule is CCC1(CC)CC2(CC(C)(C)N1OC(C)c1ccc(OCC3CO3)cc1)OC1CCCCC1O2. The van der Waals surface area contributed by atoms with Crippen molar-refractivity contribution in [3.63, 3.8) is 0 Å². The maximum Gasteiger partial charge on any atom is 0.172 e. The Kier molecular flexibility index (Phi) is 6.75. The molecular weight excluding hydrogens is 430 g/mol. The van der Waals surface area contributed by atoms with E-state index in [1.807, 2.05) is 12.1 Å². The molecule has 4 unspecified atom stereocenters. The van der Waals surface area contributed by atoms with Gasteiger partial charge in [-0.1, -0.05) is 38.8 Å². The van der Waals surface area contributed by atoms with Crippen LogP contribution in [0.4, 0.5) is 0 Å². The molecule has 1 aliphatic carbocycles. The second-order valence-corrected chi connectivity index (χ2v) is 11.5. The summed E-state index contributed by atoms with van der Waals surface area (Å²) in [5.74, 6) is 0.378. The summed E-state index contributed by atoms with van der Waals surface area (Å²) < 4.78 is 24.5. The van der Waals surface area contributed by atoms with Gasteiger partial charge in [0.2, 0.25) is 0 Å². The van der Waals surface area contributed by atoms with Crippen molar-refractivity contribution >= 4 is 0 Å². The van der Waals surface area contributed by atoms with Crippen LogP contribution in [-0.4, -0.2) is 53.5 Å². The van der Waals surface area contributed by atoms with Crippen LogP contribution in [0, 0.1) is 0 Å². The van der Waals surface area contributed by atoms with Crippen molar-refractivity contribution < 1.29 is 23.8 Å². The van der Waals surface area contributed by atoms with E-state index < -0.39 is 5.79 Å². The number of benzene rings is 1. The maximum atomic E-state index is 6.82. The quantitative estimate of drug-likeness (QED) is 0.435. The lowest BCUT2D eigenvalue weighted by atomic mass is 9.73. The van der Waals surface area contributed by atoms with E-state index in [1.54, 1.807) is 0 Å². The molecule has 3 aliphatic heterocycles. The predicted molar refractivity (Wildman–Crippen MR) is 131 cm³/mol. The number of nitrogens with zero attached hydrogens (tertiary/aromatic N) is 1. The lowest BCUT2D eigenvalue weighted by molar-refractivity contribution is -0.361. The van der Waals surface area contributed by atoms with E-state index in [-0.39, 0.29) is 35.5 Å². The van der Waals surface area contributed by atoms with Crippen LogP contribution >= 0.6 is 0 Å². The third-order valence-electron chi connectivity index (χ3n) is 8.42. The minimum atomic E-state index is -0.497. The first kappa shape index (κ1) is 24.5. The van der Waals surface area contributed by atoms with Crippen LogP contribution in [-0.2, 0) is 19.0 Å². The molecule has 0 amide bonds. The first-order valence-electron chi connectivity index (χ1n) is 13.5. The van der Waals surface area contributed by atoms with Crippen molar-refractivity contribution in [2.45, 2.75) is 127 Å². The molecule has 0 bridgehead atoms. The van der Waals surface area contributed by atoms with Gasteiger partial charge in [0.25, 0.3) is 0 Å². The molecule has 4 fully saturated rings. The van der Waals surface area contributed by atoms with Gasteiger partial charge in [-0.25, -0.2) is 0 Å². The topological polar surface area (TPSA) is 52.7 Å². The summed E-state index contributed by atoms with van der Waals surface area (Å²) in [7, 11) is 0. The molecule has 0 aromatic heterocycles. The van der Waals surface area contributed by atoms with E-state index in [4.69, 9.17) is 23.8 Å². The van der Waals surface area contributed by atoms with Crippen LogP contribution in [0.3, 0.4) is 0 Å². The molecule has 3 heterocycles. The van der Waals surface area contributed by atoms with Crippen LogP contribution in [0.2, 0.25) is 0 Å². The largest absolute Gasteiger partial charge is 0.491 e. The average molecular weight is 474 g/mol. The normalized spacial score (nSPS) is 35.1. The zero-order valence-electron chi connectivity index (χ0n) is 21.7. The van der Waals surface area contributed by atoms with Crippen molar-refractivity contribution in [1.82, 2.24) is 5.06 Å². The number of hydrogen-bond acceptors (Lipinski definition) is 6. The fourth-order valence-electron chi connectivity index (χ4n) is 6.54. The lowest BCUT2D eigenvalue weighted by Crippen LogP contribution is -2.67. The Labute approximate surface area is 205 Å². The van der Waals surface area contributed by atoms with Gasteiger partial charge in [-0.05, 0) is 64.2 Å². The van der Waals surface area contributed by atoms with Crippen LogP contribution in [0.1, 0.15) is 97.7 Å². The second-order valence-electron chi connectivity index (χ2n) is 11.5. The Morgan fingerprint density at radius 3 is 2.18 bits per heavy atom. The fraction of sp³-hybridized carbons (Fsp3) is 0.786. The molecule has 3 saturated heterocycles. The molecule has 6 heteroatoms. The summed E-state index contributed by atoms with van der Waals surface area (Å²) in [6, 6.07) is 8.28. The first-order chi connectivity index (χ1) is 16.3. The maximum absolute atomic E-state index is 6.82. The molecule has 34 heavy (non-hydrogen) atoms. The molecule has 1 aromatic carbocycles. The molecule has 4 aliphatic rings. The average Bonchev–Trinajstić information content (AvgIpc) is 3.59. The summed E-state index contributed by atoms with van der Waals surface area (Å²) >= 11 is 0. The second kappa shape index (κ2) is 9.36. The molecule has 0 radical (unpaired) electrons. The Balaban J connectivity index is 1.32. The third-order valence-corrected chi connectivity index (χ3v) is 8.42. The monoisotopic (exact) mass is 473 g/mol. The van der Waals surface area contributed by atoms with Gasteiger partial charge < -0.3 is 18.9 Å². The Bertz CT molecular complexity index is 818. The Morgan fingerprint density at radius 2 is 1.62 bits per heavy atom. The number of epoxide rings is 1. The van der Waals surface area contributed by atoms with Gasteiger partial charge in [0.1, 0.15) is 24.6 Å². The number of hydrogen-bond donors (Lipinski definition) is 0. The Hall–Kier alpha value is -1.18. The number of hydroxylamine groups is 2. The molecule has 0 N–H and O–H groups in total. The van der Waals surface area contributed by atoms with Gasteiger partial charge in [-0.2, -0.15) is 5.06 Å². The van der Waals surface area contributed by atoms with E-state index in [0.29, 0.717) is 6.61 Å². The van der Waals surface area contributed by atoms with Crippen molar-refractivity contribution in [3.8, 4) is 5.75 Å². The number of ether oxygens (including phenoxy) is 4. The zero-order chi connectivity index (χ0) is 24.0. The summed E-state index contributed by atoms with van der Waals surface area (Å²) in [6.45, 7) is 12.7. The highest BCUT2D eigenvalue weighted by atomic mass is 16.8. The van der Waals surface area contributed by atoms with E-state index in [9.17, 15) is 0 Å². The number of fused-ring (bicyclic) bond motifs is 1. The smallest absolute Gasteiger partial charge is 0.172 e. The molecule has 4 atom stereocenters. The first-order valence-corrected chi connectivity index (χ1v) is 13.5. The number of piperidine rings is 1. The van der Waals surface area contributed by atoms with E-state index in [2.05, 4.69) is 51.8 Å². The number of rotatable bonds is 8. The molecular formula is C28H43NO5. The van der Waals surface area contributed by atoms with Gasteiger partial charge in [0.05, 0.1) is 24.4 Å². The highest BCUT2D eigenvalue weighted by Gasteiger charge is 2.61. The summed E-state index contributed by atoms with van der Waals surface area (Å²) in [6.07, 6.45) is 9.11. The van der Waals surface area contributed by atoms with Gasteiger partial charge in [-0.15, -0.1) is 0 Å². The fourth-order valence-corrected chi connectivity index (χ4v) is 6.54. The van der Waals surface area contributed by atoms with Crippen molar-refractivity contribution in [3.05, 3.63) is 29.8 Å². The summed E-state index contributed by atoms with van der Waals surface area (Å²) in [5.41, 5.74) is 0.780. The molecule has 5 rings (SSSR count). The van der Waals surface area contributed by atoms with Crippen LogP contribution in [0.15, 0.2) is 24.3 Å². The van der Waals surface area contributed by atoms with Crippen molar-refractivity contribution in [2.75, 3.05) is 13.2 Å². The molecule has 1 spiro atoms. The van der Waals surface area contributed by atoms with Gasteiger partial charge >= 0.3 is 0 Å². The minimum Gasteiger partial charge on any atom is -0.491 e. The van der Waals surface area contributed by atoms with Gasteiger partial charge in [-0.3, -0.25) is 4.84 Å². The molecule has 1 saturated carbocycles. The summed E-state index contributed by atoms with van der Waals surface area (Å²) in [4.78, 5) is 6.82. The summed E-state index contributed by atoms with van der Waals surface area (Å²) in [5, 5.41) is 2.31. The third kappa shape index (κ3) is 4.77. The molecule has 1 aromatic rings. The highest BCUT2D eigenvalue weighted by Crippen LogP contribution is 2.54. The van der Waals surface area contributed by atoms with Crippen molar-refractivity contribution in [2.24, 2.45) is 0 Å². The highest BCUT2D eigenvalue weighted by molar-refractivity contribution is 5.28. The standard InChI is InChI=1S/C28H43NO5/c1-6-27(7-2)19-28(32-24-10-8-9-11-25(24)33-28)18-26(4,5)29(27)34-20(3)21-12-14-22(15-13-21)30-16-23-17-31-23/h12-15,20,23-25H,6-11,16-19H2,1-5H3. The van der Waals surface area contributed by atoms with Gasteiger partial charge in [0.15, 0.2) is 5.79 Å². The van der Waals surface area contributed by atoms with E-state index >= 15 is 0 Å². The minimum absolute atomic E-state index is 0.0698. The predicted octanol–water partition coefficient (Wildman–Crippen LogP) is 5.94. The van der Waals surface area contributed by atoms with Crippen LogP contribution in [0.25, 0.3) is 0 Å². The van der Waals surface area contributed by atoms with E-state index in [0.717, 1.165) is 56.4 Å². The molecule has 190 valence electrons. The molecule has 6 nitrogen and oxygen atoms in total.